The van der Waals surface area contributed by atoms with Gasteiger partial charge in [0, 0.05) is 6.04 Å². The number of benzene rings is 2. The van der Waals surface area contributed by atoms with Gasteiger partial charge in [0.2, 0.25) is 0 Å². The van der Waals surface area contributed by atoms with E-state index in [0.29, 0.717) is 12.0 Å². The summed E-state index contributed by atoms with van der Waals surface area (Å²) in [5, 5.41) is 3.15. The third kappa shape index (κ3) is 3.18. The number of hydrogen-bond acceptors (Lipinski definition) is 1. The lowest BCUT2D eigenvalue weighted by molar-refractivity contribution is 0.487. The maximum Gasteiger partial charge on any atom is 0.162 e. The Labute approximate surface area is 112 Å². The van der Waals surface area contributed by atoms with Gasteiger partial charge >= 0.3 is 0 Å². The van der Waals surface area contributed by atoms with Crippen LogP contribution in [0, 0.1) is 18.6 Å². The van der Waals surface area contributed by atoms with E-state index in [1.807, 2.05) is 32.2 Å². The molecule has 0 aliphatic carbocycles. The van der Waals surface area contributed by atoms with Crippen LogP contribution in [0.2, 0.25) is 0 Å². The fourth-order valence-corrected chi connectivity index (χ4v) is 2.20. The molecule has 3 heteroatoms. The molecule has 0 bridgehead atoms. The average Bonchev–Trinajstić information content (AvgIpc) is 2.40. The maximum absolute atomic E-state index is 13.7. The van der Waals surface area contributed by atoms with Crippen molar-refractivity contribution in [3.63, 3.8) is 0 Å². The topological polar surface area (TPSA) is 12.0 Å². The van der Waals surface area contributed by atoms with Gasteiger partial charge in [0.25, 0.3) is 0 Å². The molecule has 1 unspecified atom stereocenters. The van der Waals surface area contributed by atoms with Crippen LogP contribution in [-0.2, 0) is 6.42 Å². The molecular formula is C16H17F2N. The molecule has 19 heavy (non-hydrogen) atoms. The third-order valence-electron chi connectivity index (χ3n) is 3.25. The largest absolute Gasteiger partial charge is 0.313 e. The summed E-state index contributed by atoms with van der Waals surface area (Å²) in [6.45, 7) is 2.01. The second-order valence-corrected chi connectivity index (χ2v) is 4.67. The highest BCUT2D eigenvalue weighted by molar-refractivity contribution is 5.28. The van der Waals surface area contributed by atoms with Crippen molar-refractivity contribution in [3.05, 3.63) is 70.8 Å². The van der Waals surface area contributed by atoms with Crippen LogP contribution in [-0.4, -0.2) is 7.05 Å². The van der Waals surface area contributed by atoms with Crippen LogP contribution < -0.4 is 5.32 Å². The minimum absolute atomic E-state index is 0.0313. The molecule has 0 spiro atoms. The van der Waals surface area contributed by atoms with Gasteiger partial charge in [-0.15, -0.1) is 0 Å². The zero-order valence-electron chi connectivity index (χ0n) is 11.1. The molecule has 0 aliphatic heterocycles. The number of hydrogen-bond donors (Lipinski definition) is 1. The first-order valence-electron chi connectivity index (χ1n) is 6.28. The first-order valence-corrected chi connectivity index (χ1v) is 6.28. The Morgan fingerprint density at radius 2 is 1.84 bits per heavy atom. The molecule has 1 N–H and O–H groups in total. The van der Waals surface area contributed by atoms with E-state index in [9.17, 15) is 8.78 Å². The SMILES string of the molecule is CNC(Cc1cccc(F)c1F)c1cccc(C)c1. The van der Waals surface area contributed by atoms with Gasteiger partial charge in [-0.2, -0.15) is 0 Å². The predicted molar refractivity (Wildman–Crippen MR) is 73.0 cm³/mol. The average molecular weight is 261 g/mol. The molecule has 0 radical (unpaired) electrons. The van der Waals surface area contributed by atoms with Crippen molar-refractivity contribution in [1.29, 1.82) is 0 Å². The highest BCUT2D eigenvalue weighted by Gasteiger charge is 2.14. The van der Waals surface area contributed by atoms with E-state index in [-0.39, 0.29) is 6.04 Å². The van der Waals surface area contributed by atoms with Crippen LogP contribution in [0.1, 0.15) is 22.7 Å². The van der Waals surface area contributed by atoms with E-state index in [1.165, 1.54) is 6.07 Å². The normalized spacial score (nSPS) is 12.4. The number of aryl methyl sites for hydroxylation is 1. The number of halogens is 2. The van der Waals surface area contributed by atoms with Gasteiger partial charge in [-0.1, -0.05) is 42.0 Å². The molecule has 2 aromatic rings. The smallest absolute Gasteiger partial charge is 0.162 e. The molecule has 0 amide bonds. The third-order valence-corrected chi connectivity index (χ3v) is 3.25. The lowest BCUT2D eigenvalue weighted by Crippen LogP contribution is -2.19. The minimum Gasteiger partial charge on any atom is -0.313 e. The standard InChI is InChI=1S/C16H17F2N/c1-11-5-3-6-12(9-11)15(19-2)10-13-7-4-8-14(17)16(13)18/h3-9,15,19H,10H2,1-2H3. The molecule has 0 aliphatic rings. The zero-order chi connectivity index (χ0) is 13.8. The summed E-state index contributed by atoms with van der Waals surface area (Å²) in [7, 11) is 1.82. The van der Waals surface area contributed by atoms with Gasteiger partial charge < -0.3 is 5.32 Å². The van der Waals surface area contributed by atoms with Crippen molar-refractivity contribution in [3.8, 4) is 0 Å². The summed E-state index contributed by atoms with van der Waals surface area (Å²) < 4.78 is 26.9. The van der Waals surface area contributed by atoms with Gasteiger partial charge in [-0.05, 0) is 37.6 Å². The highest BCUT2D eigenvalue weighted by Crippen LogP contribution is 2.21. The Morgan fingerprint density at radius 1 is 1.11 bits per heavy atom. The summed E-state index contributed by atoms with van der Waals surface area (Å²) in [6, 6.07) is 12.3. The fourth-order valence-electron chi connectivity index (χ4n) is 2.20. The highest BCUT2D eigenvalue weighted by atomic mass is 19.2. The number of rotatable bonds is 4. The predicted octanol–water partition coefficient (Wildman–Crippen LogP) is 3.78. The molecular weight excluding hydrogens is 244 g/mol. The molecule has 0 heterocycles. The minimum atomic E-state index is -0.795. The van der Waals surface area contributed by atoms with E-state index in [0.717, 1.165) is 17.2 Å². The molecule has 0 aromatic heterocycles. The molecule has 2 rings (SSSR count). The Morgan fingerprint density at radius 3 is 2.53 bits per heavy atom. The lowest BCUT2D eigenvalue weighted by atomic mass is 9.97. The van der Waals surface area contributed by atoms with Crippen molar-refractivity contribution in [1.82, 2.24) is 5.32 Å². The van der Waals surface area contributed by atoms with Gasteiger partial charge in [-0.3, -0.25) is 0 Å². The quantitative estimate of drug-likeness (QED) is 0.883. The molecule has 100 valence electrons. The number of nitrogens with one attached hydrogen (secondary N) is 1. The number of likely N-dealkylation sites (N-methyl/N-ethyl adjacent to an activating group) is 1. The van der Waals surface area contributed by atoms with Crippen LogP contribution in [0.4, 0.5) is 8.78 Å². The Kier molecular flexibility index (Phi) is 4.27. The van der Waals surface area contributed by atoms with Gasteiger partial charge in [0.15, 0.2) is 11.6 Å². The van der Waals surface area contributed by atoms with E-state index in [1.54, 1.807) is 6.07 Å². The second-order valence-electron chi connectivity index (χ2n) is 4.67. The van der Waals surface area contributed by atoms with Crippen LogP contribution >= 0.6 is 0 Å². The maximum atomic E-state index is 13.7. The lowest BCUT2D eigenvalue weighted by Gasteiger charge is -2.17. The Balaban J connectivity index is 2.26. The van der Waals surface area contributed by atoms with E-state index in [2.05, 4.69) is 11.4 Å². The van der Waals surface area contributed by atoms with Crippen molar-refractivity contribution < 1.29 is 8.78 Å². The molecule has 2 aromatic carbocycles. The van der Waals surface area contributed by atoms with E-state index in [4.69, 9.17) is 0 Å². The van der Waals surface area contributed by atoms with E-state index >= 15 is 0 Å². The molecule has 0 fully saturated rings. The zero-order valence-corrected chi connectivity index (χ0v) is 11.1. The monoisotopic (exact) mass is 261 g/mol. The summed E-state index contributed by atoms with van der Waals surface area (Å²) >= 11 is 0. The fraction of sp³-hybridized carbons (Fsp3) is 0.250. The molecule has 1 nitrogen and oxygen atoms in total. The summed E-state index contributed by atoms with van der Waals surface area (Å²) in [5.74, 6) is -1.55. The molecule has 1 atom stereocenters. The summed E-state index contributed by atoms with van der Waals surface area (Å²) in [5.41, 5.74) is 2.62. The van der Waals surface area contributed by atoms with Gasteiger partial charge in [-0.25, -0.2) is 8.78 Å². The molecule has 0 saturated carbocycles. The van der Waals surface area contributed by atoms with Crippen LogP contribution in [0.5, 0.6) is 0 Å². The Bertz CT molecular complexity index is 566. The van der Waals surface area contributed by atoms with Crippen molar-refractivity contribution in [2.45, 2.75) is 19.4 Å². The first kappa shape index (κ1) is 13.7. The van der Waals surface area contributed by atoms with Crippen molar-refractivity contribution in [2.75, 3.05) is 7.05 Å². The van der Waals surface area contributed by atoms with Crippen LogP contribution in [0.15, 0.2) is 42.5 Å². The van der Waals surface area contributed by atoms with E-state index < -0.39 is 11.6 Å². The summed E-state index contributed by atoms with van der Waals surface area (Å²) in [6.07, 6.45) is 0.420. The molecule has 0 saturated heterocycles. The van der Waals surface area contributed by atoms with Crippen LogP contribution in [0.25, 0.3) is 0 Å². The Hall–Kier alpha value is -1.74. The second kappa shape index (κ2) is 5.93. The first-order chi connectivity index (χ1) is 9.11. The van der Waals surface area contributed by atoms with Crippen LogP contribution in [0.3, 0.4) is 0 Å². The van der Waals surface area contributed by atoms with Gasteiger partial charge in [0.1, 0.15) is 0 Å². The van der Waals surface area contributed by atoms with Crippen molar-refractivity contribution in [2.24, 2.45) is 0 Å². The van der Waals surface area contributed by atoms with Gasteiger partial charge in [0.05, 0.1) is 0 Å². The van der Waals surface area contributed by atoms with Crippen molar-refractivity contribution >= 4 is 0 Å². The summed E-state index contributed by atoms with van der Waals surface area (Å²) in [4.78, 5) is 0.